The third kappa shape index (κ3) is 2.38. The van der Waals surface area contributed by atoms with Crippen molar-refractivity contribution in [1.82, 2.24) is 9.97 Å². The van der Waals surface area contributed by atoms with Gasteiger partial charge in [0.05, 0.1) is 5.56 Å². The van der Waals surface area contributed by atoms with Crippen molar-refractivity contribution in [2.75, 3.05) is 5.32 Å². The van der Waals surface area contributed by atoms with Crippen LogP contribution in [0.4, 0.5) is 5.82 Å². The number of carbonyl (C=O) groups is 1. The van der Waals surface area contributed by atoms with Crippen molar-refractivity contribution in [3.8, 4) is 0 Å². The van der Waals surface area contributed by atoms with E-state index in [-0.39, 0.29) is 5.91 Å². The van der Waals surface area contributed by atoms with E-state index in [0.29, 0.717) is 11.4 Å². The van der Waals surface area contributed by atoms with Crippen LogP contribution in [-0.2, 0) is 12.8 Å². The third-order valence-electron chi connectivity index (χ3n) is 3.23. The smallest absolute Gasteiger partial charge is 0.257 e. The van der Waals surface area contributed by atoms with E-state index in [1.54, 1.807) is 6.07 Å². The number of aryl methyl sites for hydroxylation is 1. The highest BCUT2D eigenvalue weighted by molar-refractivity contribution is 9.10. The van der Waals surface area contributed by atoms with Crippen LogP contribution in [-0.4, -0.2) is 15.9 Å². The number of anilines is 1. The summed E-state index contributed by atoms with van der Waals surface area (Å²) >= 11 is 3.38. The molecule has 1 amide bonds. The van der Waals surface area contributed by atoms with E-state index < -0.39 is 0 Å². The summed E-state index contributed by atoms with van der Waals surface area (Å²) in [5, 5.41) is 2.88. The first-order chi connectivity index (χ1) is 9.25. The second-order valence-corrected chi connectivity index (χ2v) is 5.29. The molecule has 5 heteroatoms. The molecule has 1 aliphatic carbocycles. The first-order valence-electron chi connectivity index (χ1n) is 6.14. The molecule has 0 atom stereocenters. The van der Waals surface area contributed by atoms with Crippen molar-refractivity contribution in [3.05, 3.63) is 51.9 Å². The van der Waals surface area contributed by atoms with Crippen molar-refractivity contribution in [1.29, 1.82) is 0 Å². The van der Waals surface area contributed by atoms with Crippen LogP contribution in [0.1, 0.15) is 28.0 Å². The van der Waals surface area contributed by atoms with E-state index in [1.165, 1.54) is 6.33 Å². The Labute approximate surface area is 119 Å². The molecule has 4 nitrogen and oxygen atoms in total. The minimum Gasteiger partial charge on any atom is -0.306 e. The lowest BCUT2D eigenvalue weighted by molar-refractivity contribution is 0.102. The summed E-state index contributed by atoms with van der Waals surface area (Å²) in [6.45, 7) is 0. The molecule has 0 fully saturated rings. The van der Waals surface area contributed by atoms with Gasteiger partial charge in [-0.25, -0.2) is 9.97 Å². The Morgan fingerprint density at radius 3 is 2.89 bits per heavy atom. The number of halogens is 1. The molecule has 1 heterocycles. The number of benzene rings is 1. The molecule has 1 aromatic heterocycles. The Morgan fingerprint density at radius 2 is 2.05 bits per heavy atom. The van der Waals surface area contributed by atoms with Gasteiger partial charge in [-0.3, -0.25) is 4.79 Å². The molecule has 1 aliphatic rings. The van der Waals surface area contributed by atoms with Gasteiger partial charge in [-0.2, -0.15) is 0 Å². The standard InChI is InChI=1S/C14H12BrN3O/c15-11-6-2-1-4-9(11)14(19)18-13-10-5-3-7-12(10)16-8-17-13/h1-2,4,6,8H,3,5,7H2,(H,16,17,18,19). The van der Waals surface area contributed by atoms with Crippen molar-refractivity contribution >= 4 is 27.7 Å². The fraction of sp³-hybridized carbons (Fsp3) is 0.214. The number of carbonyl (C=O) groups excluding carboxylic acids is 1. The van der Waals surface area contributed by atoms with Crippen LogP contribution in [0.25, 0.3) is 0 Å². The van der Waals surface area contributed by atoms with Crippen LogP contribution in [0.3, 0.4) is 0 Å². The number of amides is 1. The Kier molecular flexibility index (Phi) is 3.29. The number of nitrogens with zero attached hydrogens (tertiary/aromatic N) is 2. The minimum atomic E-state index is -0.153. The van der Waals surface area contributed by atoms with Crippen LogP contribution in [0, 0.1) is 0 Å². The van der Waals surface area contributed by atoms with Gasteiger partial charge in [0.2, 0.25) is 0 Å². The molecule has 1 aromatic carbocycles. The second-order valence-electron chi connectivity index (χ2n) is 4.44. The SMILES string of the molecule is O=C(Nc1ncnc2c1CCC2)c1ccccc1Br. The quantitative estimate of drug-likeness (QED) is 0.926. The van der Waals surface area contributed by atoms with Gasteiger partial charge < -0.3 is 5.32 Å². The fourth-order valence-corrected chi connectivity index (χ4v) is 2.75. The van der Waals surface area contributed by atoms with Gasteiger partial charge in [-0.05, 0) is 47.3 Å². The normalized spacial score (nSPS) is 13.1. The Morgan fingerprint density at radius 1 is 1.21 bits per heavy atom. The van der Waals surface area contributed by atoms with Gasteiger partial charge in [0.1, 0.15) is 12.1 Å². The molecule has 0 radical (unpaired) electrons. The van der Waals surface area contributed by atoms with Gasteiger partial charge in [0.15, 0.2) is 0 Å². The lowest BCUT2D eigenvalue weighted by Gasteiger charge is -2.09. The number of hydrogen-bond acceptors (Lipinski definition) is 3. The molecule has 0 saturated carbocycles. The molecular formula is C14H12BrN3O. The summed E-state index contributed by atoms with van der Waals surface area (Å²) in [5.74, 6) is 0.489. The van der Waals surface area contributed by atoms with Crippen LogP contribution >= 0.6 is 15.9 Å². The summed E-state index contributed by atoms with van der Waals surface area (Å²) in [5.41, 5.74) is 2.73. The number of rotatable bonds is 2. The number of hydrogen-bond donors (Lipinski definition) is 1. The lowest BCUT2D eigenvalue weighted by Crippen LogP contribution is -2.15. The maximum atomic E-state index is 12.2. The van der Waals surface area contributed by atoms with Gasteiger partial charge in [0, 0.05) is 15.7 Å². The molecule has 0 unspecified atom stereocenters. The van der Waals surface area contributed by atoms with Crippen molar-refractivity contribution < 1.29 is 4.79 Å². The summed E-state index contributed by atoms with van der Waals surface area (Å²) in [6, 6.07) is 7.34. The topological polar surface area (TPSA) is 54.9 Å². The van der Waals surface area contributed by atoms with Gasteiger partial charge >= 0.3 is 0 Å². The second kappa shape index (κ2) is 5.09. The van der Waals surface area contributed by atoms with Crippen molar-refractivity contribution in [3.63, 3.8) is 0 Å². The molecule has 1 N–H and O–H groups in total. The van der Waals surface area contributed by atoms with Gasteiger partial charge in [-0.1, -0.05) is 12.1 Å². The molecule has 0 spiro atoms. The highest BCUT2D eigenvalue weighted by atomic mass is 79.9. The van der Waals surface area contributed by atoms with Gasteiger partial charge in [0.25, 0.3) is 5.91 Å². The zero-order chi connectivity index (χ0) is 13.2. The average Bonchev–Trinajstić information content (AvgIpc) is 2.88. The number of fused-ring (bicyclic) bond motifs is 1. The largest absolute Gasteiger partial charge is 0.306 e. The zero-order valence-electron chi connectivity index (χ0n) is 10.2. The Bertz CT molecular complexity index is 642. The summed E-state index contributed by atoms with van der Waals surface area (Å²) in [7, 11) is 0. The lowest BCUT2D eigenvalue weighted by atomic mass is 10.2. The maximum absolute atomic E-state index is 12.2. The first-order valence-corrected chi connectivity index (χ1v) is 6.93. The summed E-state index contributed by atoms with van der Waals surface area (Å²) in [6.07, 6.45) is 4.49. The predicted octanol–water partition coefficient (Wildman–Crippen LogP) is 2.98. The molecule has 0 saturated heterocycles. The summed E-state index contributed by atoms with van der Waals surface area (Å²) in [4.78, 5) is 20.7. The van der Waals surface area contributed by atoms with Crippen LogP contribution < -0.4 is 5.32 Å². The highest BCUT2D eigenvalue weighted by Crippen LogP contribution is 2.26. The number of aromatic nitrogens is 2. The first kappa shape index (κ1) is 12.3. The predicted molar refractivity (Wildman–Crippen MR) is 76.2 cm³/mol. The van der Waals surface area contributed by atoms with E-state index in [1.807, 2.05) is 18.2 Å². The maximum Gasteiger partial charge on any atom is 0.257 e. The molecule has 3 rings (SSSR count). The van der Waals surface area contributed by atoms with Crippen molar-refractivity contribution in [2.24, 2.45) is 0 Å². The molecule has 0 aliphatic heterocycles. The van der Waals surface area contributed by atoms with Gasteiger partial charge in [-0.15, -0.1) is 0 Å². The van der Waals surface area contributed by atoms with E-state index in [2.05, 4.69) is 31.2 Å². The summed E-state index contributed by atoms with van der Waals surface area (Å²) < 4.78 is 0.776. The highest BCUT2D eigenvalue weighted by Gasteiger charge is 2.19. The van der Waals surface area contributed by atoms with E-state index in [4.69, 9.17) is 0 Å². The number of nitrogens with one attached hydrogen (secondary N) is 1. The third-order valence-corrected chi connectivity index (χ3v) is 3.92. The fourth-order valence-electron chi connectivity index (χ4n) is 2.29. The van der Waals surface area contributed by atoms with Crippen LogP contribution in [0.5, 0.6) is 0 Å². The van der Waals surface area contributed by atoms with E-state index >= 15 is 0 Å². The molecule has 0 bridgehead atoms. The minimum absolute atomic E-state index is 0.153. The van der Waals surface area contributed by atoms with E-state index in [9.17, 15) is 4.79 Å². The molecule has 96 valence electrons. The van der Waals surface area contributed by atoms with E-state index in [0.717, 1.165) is 35.0 Å². The van der Waals surface area contributed by atoms with Crippen molar-refractivity contribution in [2.45, 2.75) is 19.3 Å². The van der Waals surface area contributed by atoms with Crippen LogP contribution in [0.2, 0.25) is 0 Å². The van der Waals surface area contributed by atoms with Crippen LogP contribution in [0.15, 0.2) is 35.1 Å². The Hall–Kier alpha value is -1.75. The zero-order valence-corrected chi connectivity index (χ0v) is 11.8. The average molecular weight is 318 g/mol. The molecule has 2 aromatic rings. The Balaban J connectivity index is 1.89. The monoisotopic (exact) mass is 317 g/mol. The molecular weight excluding hydrogens is 306 g/mol. The molecule has 19 heavy (non-hydrogen) atoms.